The molecule has 5 nitrogen and oxygen atoms in total. The zero-order valence-electron chi connectivity index (χ0n) is 8.65. The van der Waals surface area contributed by atoms with E-state index in [-0.39, 0.29) is 6.54 Å². The van der Waals surface area contributed by atoms with Gasteiger partial charge in [-0.25, -0.2) is 13.1 Å². The van der Waals surface area contributed by atoms with Gasteiger partial charge in [-0.15, -0.1) is 0 Å². The van der Waals surface area contributed by atoms with Gasteiger partial charge < -0.3 is 10.5 Å². The predicted molar refractivity (Wildman–Crippen MR) is 59.1 cm³/mol. The van der Waals surface area contributed by atoms with E-state index in [1.807, 2.05) is 0 Å². The van der Waals surface area contributed by atoms with E-state index in [0.29, 0.717) is 11.4 Å². The van der Waals surface area contributed by atoms with Gasteiger partial charge in [0, 0.05) is 6.54 Å². The van der Waals surface area contributed by atoms with Crippen molar-refractivity contribution in [1.29, 1.82) is 0 Å². The molecule has 0 atom stereocenters. The number of nitrogens with two attached hydrogens (primary N) is 1. The molecule has 0 unspecified atom stereocenters. The van der Waals surface area contributed by atoms with Crippen molar-refractivity contribution in [2.45, 2.75) is 6.54 Å². The van der Waals surface area contributed by atoms with Crippen LogP contribution in [0.2, 0.25) is 0 Å². The Balaban J connectivity index is 2.79. The van der Waals surface area contributed by atoms with Crippen LogP contribution in [-0.2, 0) is 16.6 Å². The van der Waals surface area contributed by atoms with Crippen LogP contribution in [0.3, 0.4) is 0 Å². The number of anilines is 1. The number of methoxy groups -OCH3 is 1. The van der Waals surface area contributed by atoms with Gasteiger partial charge in [0.2, 0.25) is 10.0 Å². The molecule has 1 aromatic carbocycles. The smallest absolute Gasteiger partial charge is 0.209 e. The van der Waals surface area contributed by atoms with E-state index >= 15 is 0 Å². The summed E-state index contributed by atoms with van der Waals surface area (Å²) in [5, 5.41) is 0. The maximum atomic E-state index is 10.9. The van der Waals surface area contributed by atoms with Crippen LogP contribution in [0.15, 0.2) is 18.2 Å². The molecule has 0 saturated carbocycles. The van der Waals surface area contributed by atoms with E-state index in [0.717, 1.165) is 11.8 Å². The third-order valence-electron chi connectivity index (χ3n) is 1.84. The van der Waals surface area contributed by atoms with Gasteiger partial charge in [-0.05, 0) is 17.7 Å². The highest BCUT2D eigenvalue weighted by molar-refractivity contribution is 7.88. The lowest BCUT2D eigenvalue weighted by molar-refractivity contribution is 0.416. The third-order valence-corrected chi connectivity index (χ3v) is 2.51. The molecular weight excluding hydrogens is 216 g/mol. The van der Waals surface area contributed by atoms with E-state index in [4.69, 9.17) is 10.5 Å². The Kier molecular flexibility index (Phi) is 3.54. The highest BCUT2D eigenvalue weighted by Crippen LogP contribution is 2.21. The number of nitrogen functional groups attached to an aromatic ring is 1. The molecule has 1 rings (SSSR count). The molecule has 0 aliphatic heterocycles. The van der Waals surface area contributed by atoms with Gasteiger partial charge >= 0.3 is 0 Å². The number of nitrogens with one attached hydrogen (secondary N) is 1. The Morgan fingerprint density at radius 3 is 2.67 bits per heavy atom. The van der Waals surface area contributed by atoms with Gasteiger partial charge in [-0.2, -0.15) is 0 Å². The fraction of sp³-hybridized carbons (Fsp3) is 0.333. The van der Waals surface area contributed by atoms with Crippen LogP contribution >= 0.6 is 0 Å². The van der Waals surface area contributed by atoms with Crippen LogP contribution in [0, 0.1) is 0 Å². The van der Waals surface area contributed by atoms with Crippen LogP contribution in [0.5, 0.6) is 5.75 Å². The maximum absolute atomic E-state index is 10.9. The zero-order valence-corrected chi connectivity index (χ0v) is 9.47. The van der Waals surface area contributed by atoms with E-state index in [2.05, 4.69) is 4.72 Å². The summed E-state index contributed by atoms with van der Waals surface area (Å²) in [4.78, 5) is 0. The average Bonchev–Trinajstić information content (AvgIpc) is 2.15. The first kappa shape index (κ1) is 11.8. The topological polar surface area (TPSA) is 81.4 Å². The minimum Gasteiger partial charge on any atom is -0.495 e. The quantitative estimate of drug-likeness (QED) is 0.730. The van der Waals surface area contributed by atoms with Crippen molar-refractivity contribution in [3.63, 3.8) is 0 Å². The van der Waals surface area contributed by atoms with Gasteiger partial charge in [0.15, 0.2) is 0 Å². The standard InChI is InChI=1S/C9H14N2O3S/c1-14-9-5-7(3-4-8(9)10)6-11-15(2,12)13/h3-5,11H,6,10H2,1-2H3. The number of rotatable bonds is 4. The Morgan fingerprint density at radius 1 is 1.47 bits per heavy atom. The molecule has 1 aromatic rings. The summed E-state index contributed by atoms with van der Waals surface area (Å²) in [6.07, 6.45) is 1.11. The van der Waals surface area contributed by atoms with Crippen LogP contribution in [-0.4, -0.2) is 21.8 Å². The highest BCUT2D eigenvalue weighted by Gasteiger charge is 2.04. The second-order valence-corrected chi connectivity index (χ2v) is 5.00. The van der Waals surface area contributed by atoms with Gasteiger partial charge in [0.05, 0.1) is 19.1 Å². The van der Waals surface area contributed by atoms with Crippen molar-refractivity contribution in [2.75, 3.05) is 19.1 Å². The van der Waals surface area contributed by atoms with Crippen LogP contribution in [0.4, 0.5) is 5.69 Å². The molecule has 0 aliphatic carbocycles. The van der Waals surface area contributed by atoms with Crippen molar-refractivity contribution in [1.82, 2.24) is 4.72 Å². The summed E-state index contributed by atoms with van der Waals surface area (Å²) in [6, 6.07) is 5.13. The van der Waals surface area contributed by atoms with Gasteiger partial charge in [0.25, 0.3) is 0 Å². The van der Waals surface area contributed by atoms with Crippen LogP contribution in [0.25, 0.3) is 0 Å². The van der Waals surface area contributed by atoms with E-state index in [1.165, 1.54) is 7.11 Å². The molecule has 0 aliphatic rings. The monoisotopic (exact) mass is 230 g/mol. The summed E-state index contributed by atoms with van der Waals surface area (Å²) in [7, 11) is -1.66. The third kappa shape index (κ3) is 3.77. The van der Waals surface area contributed by atoms with Gasteiger partial charge in [-0.3, -0.25) is 0 Å². The molecule has 6 heteroatoms. The van der Waals surface area contributed by atoms with Crippen molar-refractivity contribution in [3.8, 4) is 5.75 Å². The lowest BCUT2D eigenvalue weighted by Gasteiger charge is -2.07. The van der Waals surface area contributed by atoms with Crippen molar-refractivity contribution >= 4 is 15.7 Å². The molecule has 0 bridgehead atoms. The first-order valence-electron chi connectivity index (χ1n) is 4.29. The molecule has 0 heterocycles. The molecule has 84 valence electrons. The number of ether oxygens (including phenoxy) is 1. The van der Waals surface area contributed by atoms with E-state index in [1.54, 1.807) is 18.2 Å². The molecule has 0 amide bonds. The SMILES string of the molecule is COc1cc(CNS(C)(=O)=O)ccc1N. The second-order valence-electron chi connectivity index (χ2n) is 3.17. The van der Waals surface area contributed by atoms with Gasteiger partial charge in [0.1, 0.15) is 5.75 Å². The fourth-order valence-electron chi connectivity index (χ4n) is 1.08. The molecule has 0 aromatic heterocycles. The molecule has 0 saturated heterocycles. The minimum absolute atomic E-state index is 0.232. The number of benzene rings is 1. The van der Waals surface area contributed by atoms with Crippen LogP contribution < -0.4 is 15.2 Å². The molecular formula is C9H14N2O3S. The first-order chi connectivity index (χ1) is 6.92. The minimum atomic E-state index is -3.17. The molecule has 15 heavy (non-hydrogen) atoms. The molecule has 0 radical (unpaired) electrons. The molecule has 0 fully saturated rings. The highest BCUT2D eigenvalue weighted by atomic mass is 32.2. The summed E-state index contributed by atoms with van der Waals surface area (Å²) >= 11 is 0. The summed E-state index contributed by atoms with van der Waals surface area (Å²) in [6.45, 7) is 0.232. The van der Waals surface area contributed by atoms with Crippen molar-refractivity contribution in [3.05, 3.63) is 23.8 Å². The molecule has 0 spiro atoms. The molecule has 3 N–H and O–H groups in total. The van der Waals surface area contributed by atoms with Crippen molar-refractivity contribution in [2.24, 2.45) is 0 Å². The van der Waals surface area contributed by atoms with E-state index < -0.39 is 10.0 Å². The summed E-state index contributed by atoms with van der Waals surface area (Å²) < 4.78 is 29.1. The first-order valence-corrected chi connectivity index (χ1v) is 6.18. The second kappa shape index (κ2) is 4.50. The summed E-state index contributed by atoms with van der Waals surface area (Å²) in [5.74, 6) is 0.544. The predicted octanol–water partition coefficient (Wildman–Crippen LogP) is 0.327. The van der Waals surface area contributed by atoms with Crippen molar-refractivity contribution < 1.29 is 13.2 Å². The summed E-state index contributed by atoms with van der Waals surface area (Å²) in [5.41, 5.74) is 6.94. The van der Waals surface area contributed by atoms with Gasteiger partial charge in [-0.1, -0.05) is 6.07 Å². The number of sulfonamides is 1. The lowest BCUT2D eigenvalue weighted by Crippen LogP contribution is -2.21. The Hall–Kier alpha value is -1.27. The Bertz CT molecular complexity index is 443. The lowest BCUT2D eigenvalue weighted by atomic mass is 10.2. The fourth-order valence-corrected chi connectivity index (χ4v) is 1.51. The normalized spacial score (nSPS) is 11.3. The van der Waals surface area contributed by atoms with Crippen LogP contribution in [0.1, 0.15) is 5.56 Å². The maximum Gasteiger partial charge on any atom is 0.209 e. The largest absolute Gasteiger partial charge is 0.495 e. The Morgan fingerprint density at radius 2 is 2.13 bits per heavy atom. The zero-order chi connectivity index (χ0) is 11.5. The van der Waals surface area contributed by atoms with E-state index in [9.17, 15) is 8.42 Å². The number of hydrogen-bond donors (Lipinski definition) is 2. The average molecular weight is 230 g/mol. The Labute approximate surface area is 89.3 Å². The number of hydrogen-bond acceptors (Lipinski definition) is 4.